The molecule has 1 aliphatic heterocycles. The van der Waals surface area contributed by atoms with Gasteiger partial charge in [-0.15, -0.1) is 11.3 Å². The number of amides is 2. The van der Waals surface area contributed by atoms with Crippen LogP contribution in [0.25, 0.3) is 0 Å². The van der Waals surface area contributed by atoms with Crippen molar-refractivity contribution in [2.45, 2.75) is 52.2 Å². The third-order valence-electron chi connectivity index (χ3n) is 3.41. The zero-order valence-electron chi connectivity index (χ0n) is 11.5. The van der Waals surface area contributed by atoms with Gasteiger partial charge in [-0.05, 0) is 20.3 Å². The van der Waals surface area contributed by atoms with Crippen LogP contribution in [0.15, 0.2) is 5.38 Å². The predicted octanol–water partition coefficient (Wildman–Crippen LogP) is 1.47. The van der Waals surface area contributed by atoms with Crippen LogP contribution in [0.2, 0.25) is 0 Å². The maximum Gasteiger partial charge on any atom is 0.247 e. The summed E-state index contributed by atoms with van der Waals surface area (Å²) in [7, 11) is 0. The summed E-state index contributed by atoms with van der Waals surface area (Å²) in [6.45, 7) is 6.36. The van der Waals surface area contributed by atoms with Crippen molar-refractivity contribution in [2.24, 2.45) is 0 Å². The average molecular weight is 281 g/mol. The molecule has 5 nitrogen and oxygen atoms in total. The minimum atomic E-state index is -0.400. The molecule has 2 heterocycles. The van der Waals surface area contributed by atoms with Crippen LogP contribution in [0.4, 0.5) is 0 Å². The molecule has 6 heteroatoms. The van der Waals surface area contributed by atoms with Gasteiger partial charge < -0.3 is 0 Å². The van der Waals surface area contributed by atoms with Gasteiger partial charge >= 0.3 is 0 Å². The number of nitrogens with zero attached hydrogens (tertiary/aromatic N) is 2. The van der Waals surface area contributed by atoms with Gasteiger partial charge in [0.2, 0.25) is 11.8 Å². The number of carbonyl (C=O) groups excluding carboxylic acids is 2. The maximum absolute atomic E-state index is 12.2. The predicted molar refractivity (Wildman–Crippen MR) is 73.7 cm³/mol. The van der Waals surface area contributed by atoms with Crippen LogP contribution in [0.5, 0.6) is 0 Å². The van der Waals surface area contributed by atoms with E-state index in [-0.39, 0.29) is 24.3 Å². The Balaban J connectivity index is 1.95. The fraction of sp³-hybridized carbons (Fsp3) is 0.615. The molecule has 1 aromatic heterocycles. The van der Waals surface area contributed by atoms with Crippen molar-refractivity contribution in [3.05, 3.63) is 16.1 Å². The van der Waals surface area contributed by atoms with E-state index in [9.17, 15) is 9.59 Å². The van der Waals surface area contributed by atoms with Crippen LogP contribution < -0.4 is 5.32 Å². The summed E-state index contributed by atoms with van der Waals surface area (Å²) < 4.78 is 0. The second kappa shape index (κ2) is 5.79. The molecule has 2 amide bonds. The largest absolute Gasteiger partial charge is 0.300 e. The summed E-state index contributed by atoms with van der Waals surface area (Å²) in [5.41, 5.74) is 0.921. The molecule has 19 heavy (non-hydrogen) atoms. The number of rotatable bonds is 5. The molecule has 1 N–H and O–H groups in total. The van der Waals surface area contributed by atoms with Gasteiger partial charge in [0, 0.05) is 18.0 Å². The molecule has 0 aliphatic carbocycles. The lowest BCUT2D eigenvalue weighted by Crippen LogP contribution is -2.42. The van der Waals surface area contributed by atoms with E-state index in [0.717, 1.165) is 17.1 Å². The molecule has 0 bridgehead atoms. The molecule has 0 saturated carbocycles. The Morgan fingerprint density at radius 1 is 1.58 bits per heavy atom. The molecule has 0 radical (unpaired) electrons. The van der Waals surface area contributed by atoms with Crippen molar-refractivity contribution in [2.75, 3.05) is 0 Å². The summed E-state index contributed by atoms with van der Waals surface area (Å²) in [6, 6.07) is -0.420. The van der Waals surface area contributed by atoms with E-state index in [2.05, 4.69) is 10.3 Å². The van der Waals surface area contributed by atoms with Gasteiger partial charge in [0.05, 0.1) is 23.2 Å². The van der Waals surface area contributed by atoms with Gasteiger partial charge in [0.25, 0.3) is 0 Å². The van der Waals surface area contributed by atoms with E-state index in [1.54, 1.807) is 11.3 Å². The van der Waals surface area contributed by atoms with E-state index in [1.165, 1.54) is 4.90 Å². The number of aryl methyl sites for hydroxylation is 1. The highest BCUT2D eigenvalue weighted by atomic mass is 32.1. The Labute approximate surface area is 117 Å². The number of likely N-dealkylation sites (tertiary alicyclic amines) is 1. The number of aromatic nitrogens is 1. The van der Waals surface area contributed by atoms with Gasteiger partial charge in [-0.1, -0.05) is 6.92 Å². The molecule has 1 aliphatic rings. The fourth-order valence-corrected chi connectivity index (χ4v) is 2.79. The first kappa shape index (κ1) is 14.1. The SMILES string of the molecule is CCC(C)N1C(=O)CC(NCc2csc(C)n2)C1=O. The Morgan fingerprint density at radius 2 is 2.32 bits per heavy atom. The molecular formula is C13H19N3O2S. The maximum atomic E-state index is 12.2. The second-order valence-corrected chi connectivity index (χ2v) is 5.92. The van der Waals surface area contributed by atoms with Crippen LogP contribution in [-0.4, -0.2) is 33.8 Å². The van der Waals surface area contributed by atoms with Crippen molar-refractivity contribution in [1.82, 2.24) is 15.2 Å². The molecule has 0 aromatic carbocycles. The standard InChI is InChI=1S/C13H19N3O2S/c1-4-8(2)16-12(17)5-11(13(16)18)14-6-10-7-19-9(3)15-10/h7-8,11,14H,4-6H2,1-3H3. The van der Waals surface area contributed by atoms with E-state index in [0.29, 0.717) is 6.54 Å². The highest BCUT2D eigenvalue weighted by molar-refractivity contribution is 7.09. The van der Waals surface area contributed by atoms with Crippen LogP contribution >= 0.6 is 11.3 Å². The average Bonchev–Trinajstić information content (AvgIpc) is 2.90. The van der Waals surface area contributed by atoms with E-state index in [1.807, 2.05) is 26.2 Å². The lowest BCUT2D eigenvalue weighted by Gasteiger charge is -2.21. The molecule has 2 rings (SSSR count). The van der Waals surface area contributed by atoms with Gasteiger partial charge in [-0.2, -0.15) is 0 Å². The summed E-state index contributed by atoms with van der Waals surface area (Å²) in [6.07, 6.45) is 1.04. The van der Waals surface area contributed by atoms with Crippen LogP contribution in [-0.2, 0) is 16.1 Å². The molecule has 2 atom stereocenters. The highest BCUT2D eigenvalue weighted by Gasteiger charge is 2.40. The van der Waals surface area contributed by atoms with Gasteiger partial charge in [-0.25, -0.2) is 4.98 Å². The van der Waals surface area contributed by atoms with Crippen molar-refractivity contribution in [3.8, 4) is 0 Å². The zero-order valence-corrected chi connectivity index (χ0v) is 12.3. The number of carbonyl (C=O) groups is 2. The number of hydrogen-bond acceptors (Lipinski definition) is 5. The Morgan fingerprint density at radius 3 is 2.89 bits per heavy atom. The summed E-state index contributed by atoms with van der Waals surface area (Å²) in [4.78, 5) is 29.8. The Bertz CT molecular complexity index is 486. The van der Waals surface area contributed by atoms with E-state index < -0.39 is 6.04 Å². The third-order valence-corrected chi connectivity index (χ3v) is 4.23. The summed E-state index contributed by atoms with van der Waals surface area (Å²) in [5, 5.41) is 6.11. The van der Waals surface area contributed by atoms with Crippen LogP contribution in [0, 0.1) is 6.92 Å². The first-order chi connectivity index (χ1) is 9.02. The Kier molecular flexibility index (Phi) is 4.31. The summed E-state index contributed by atoms with van der Waals surface area (Å²) >= 11 is 1.58. The monoisotopic (exact) mass is 281 g/mol. The van der Waals surface area contributed by atoms with Crippen molar-refractivity contribution in [1.29, 1.82) is 0 Å². The van der Waals surface area contributed by atoms with Crippen molar-refractivity contribution >= 4 is 23.2 Å². The topological polar surface area (TPSA) is 62.3 Å². The first-order valence-corrected chi connectivity index (χ1v) is 7.41. The summed E-state index contributed by atoms with van der Waals surface area (Å²) in [5.74, 6) is -0.183. The molecule has 0 spiro atoms. The first-order valence-electron chi connectivity index (χ1n) is 6.53. The lowest BCUT2D eigenvalue weighted by molar-refractivity contribution is -0.141. The Hall–Kier alpha value is -1.27. The second-order valence-electron chi connectivity index (χ2n) is 4.85. The third kappa shape index (κ3) is 3.01. The molecule has 104 valence electrons. The zero-order chi connectivity index (χ0) is 14.0. The number of nitrogens with one attached hydrogen (secondary N) is 1. The normalized spacial score (nSPS) is 21.2. The number of hydrogen-bond donors (Lipinski definition) is 1. The highest BCUT2D eigenvalue weighted by Crippen LogP contribution is 2.18. The van der Waals surface area contributed by atoms with E-state index in [4.69, 9.17) is 0 Å². The van der Waals surface area contributed by atoms with Gasteiger partial charge in [0.1, 0.15) is 0 Å². The lowest BCUT2D eigenvalue weighted by atomic mass is 10.2. The molecular weight excluding hydrogens is 262 g/mol. The number of imide groups is 1. The quantitative estimate of drug-likeness (QED) is 0.830. The minimum absolute atomic E-state index is 0.0201. The van der Waals surface area contributed by atoms with Crippen molar-refractivity contribution in [3.63, 3.8) is 0 Å². The number of thiazole rings is 1. The van der Waals surface area contributed by atoms with Crippen molar-refractivity contribution < 1.29 is 9.59 Å². The minimum Gasteiger partial charge on any atom is -0.300 e. The van der Waals surface area contributed by atoms with Gasteiger partial charge in [-0.3, -0.25) is 19.8 Å². The van der Waals surface area contributed by atoms with E-state index >= 15 is 0 Å². The van der Waals surface area contributed by atoms with Crippen LogP contribution in [0.1, 0.15) is 37.4 Å². The molecule has 1 saturated heterocycles. The van der Waals surface area contributed by atoms with Crippen LogP contribution in [0.3, 0.4) is 0 Å². The van der Waals surface area contributed by atoms with Gasteiger partial charge in [0.15, 0.2) is 0 Å². The molecule has 1 fully saturated rings. The molecule has 1 aromatic rings. The smallest absolute Gasteiger partial charge is 0.247 e. The fourth-order valence-electron chi connectivity index (χ4n) is 2.17. The molecule has 2 unspecified atom stereocenters.